The zero-order chi connectivity index (χ0) is 13.8. The lowest BCUT2D eigenvalue weighted by molar-refractivity contribution is 1.04. The summed E-state index contributed by atoms with van der Waals surface area (Å²) in [7, 11) is 2.50. The van der Waals surface area contributed by atoms with Gasteiger partial charge in [-0.15, -0.1) is 0 Å². The average molecular weight is 256 g/mol. The van der Waals surface area contributed by atoms with Crippen LogP contribution in [-0.4, -0.2) is 9.97 Å². The van der Waals surface area contributed by atoms with E-state index in [0.717, 1.165) is 17.8 Å². The maximum atomic E-state index is 5.48. The van der Waals surface area contributed by atoms with Crippen LogP contribution in [0, 0.1) is 0 Å². The number of hydrogen-bond acceptors (Lipinski definition) is 4. The topological polar surface area (TPSA) is 55.0 Å². The van der Waals surface area contributed by atoms with Crippen molar-refractivity contribution < 1.29 is 0 Å². The second-order valence-corrected chi connectivity index (χ2v) is 3.08. The van der Waals surface area contributed by atoms with E-state index in [9.17, 15) is 0 Å². The van der Waals surface area contributed by atoms with Gasteiger partial charge in [-0.3, -0.25) is 0 Å². The molecule has 1 unspecified atom stereocenters. The van der Waals surface area contributed by atoms with E-state index in [-0.39, 0.29) is 5.95 Å². The normalized spacial score (nSPS) is 8.12. The van der Waals surface area contributed by atoms with Gasteiger partial charge in [-0.25, -0.2) is 4.98 Å². The minimum absolute atomic E-state index is 0.279. The predicted octanol–water partition coefficient (Wildman–Crippen LogP) is 3.41. The van der Waals surface area contributed by atoms with E-state index in [2.05, 4.69) is 25.9 Å². The second kappa shape index (κ2) is 11.3. The molecule has 0 aliphatic carbocycles. The highest BCUT2D eigenvalue weighted by molar-refractivity contribution is 7.19. The van der Waals surface area contributed by atoms with Gasteiger partial charge >= 0.3 is 0 Å². The number of hydrogen-bond donors (Lipinski definition) is 1. The fraction of sp³-hybridized carbons (Fsp3) is 0.500. The number of nitrogen functional groups attached to an aromatic ring is 1. The monoisotopic (exact) mass is 256 g/mol. The second-order valence-electron chi connectivity index (χ2n) is 2.52. The Bertz CT molecular complexity index is 315. The third-order valence-corrected chi connectivity index (χ3v) is 2.14. The van der Waals surface area contributed by atoms with E-state index < -0.39 is 0 Å². The Morgan fingerprint density at radius 1 is 1.41 bits per heavy atom. The number of nitrogens with zero attached hydrogens (tertiary/aromatic N) is 3. The van der Waals surface area contributed by atoms with Gasteiger partial charge in [0.2, 0.25) is 5.95 Å². The molecule has 1 aromatic rings. The molecule has 0 radical (unpaired) electrons. The largest absolute Gasteiger partial charge is 0.368 e. The van der Waals surface area contributed by atoms with Gasteiger partial charge in [-0.05, 0) is 15.8 Å². The third-order valence-electron chi connectivity index (χ3n) is 1.68. The highest BCUT2D eigenvalue weighted by Gasteiger charge is 2.06. The minimum atomic E-state index is 0.279. The number of anilines is 2. The molecule has 1 atom stereocenters. The lowest BCUT2D eigenvalue weighted by atomic mass is 10.2. The van der Waals surface area contributed by atoms with Gasteiger partial charge in [0.25, 0.3) is 0 Å². The molecule has 4 nitrogen and oxygen atoms in total. The van der Waals surface area contributed by atoms with Crippen molar-refractivity contribution >= 4 is 21.2 Å². The first kappa shape index (κ1) is 18.2. The van der Waals surface area contributed by atoms with Crippen molar-refractivity contribution in [1.29, 1.82) is 0 Å². The van der Waals surface area contributed by atoms with Crippen LogP contribution in [0.4, 0.5) is 11.8 Å². The molecule has 1 rings (SSSR count). The van der Waals surface area contributed by atoms with Gasteiger partial charge in [0, 0.05) is 18.0 Å². The predicted molar refractivity (Wildman–Crippen MR) is 80.9 cm³/mol. The van der Waals surface area contributed by atoms with Crippen molar-refractivity contribution in [3.05, 3.63) is 24.5 Å². The van der Waals surface area contributed by atoms with E-state index in [0.29, 0.717) is 0 Å². The Kier molecular flexibility index (Phi) is 12.2. The van der Waals surface area contributed by atoms with Crippen molar-refractivity contribution in [2.45, 2.75) is 41.0 Å². The molecule has 0 aliphatic rings. The molecular weight excluding hydrogens is 231 g/mol. The maximum Gasteiger partial charge on any atom is 0.221 e. The molecule has 1 aromatic heterocycles. The average Bonchev–Trinajstić information content (AvgIpc) is 2.42. The van der Waals surface area contributed by atoms with Gasteiger partial charge < -0.3 is 10.4 Å². The van der Waals surface area contributed by atoms with Gasteiger partial charge in [-0.2, -0.15) is 4.98 Å². The standard InChI is InChI=1S/C8H13N4P.2C2H6/c1-3-6-5-10-8(9)11-7(6)12(13)4-2;2*1-2/h4-5H,2-3,13H2,1H3,(H2,9,10,11);2*1-2H3. The summed E-state index contributed by atoms with van der Waals surface area (Å²) in [5, 5.41) is 0. The lowest BCUT2D eigenvalue weighted by Crippen LogP contribution is -2.07. The summed E-state index contributed by atoms with van der Waals surface area (Å²) in [5.74, 6) is 1.07. The lowest BCUT2D eigenvalue weighted by Gasteiger charge is -2.15. The fourth-order valence-electron chi connectivity index (χ4n) is 0.970. The first-order chi connectivity index (χ1) is 8.19. The quantitative estimate of drug-likeness (QED) is 0.842. The van der Waals surface area contributed by atoms with Crippen LogP contribution in [-0.2, 0) is 6.42 Å². The summed E-state index contributed by atoms with van der Waals surface area (Å²) < 4.78 is 1.75. The Hall–Kier alpha value is -1.15. The van der Waals surface area contributed by atoms with Crippen LogP contribution in [0.25, 0.3) is 0 Å². The van der Waals surface area contributed by atoms with Gasteiger partial charge in [0.15, 0.2) is 0 Å². The summed E-state index contributed by atoms with van der Waals surface area (Å²) >= 11 is 0. The minimum Gasteiger partial charge on any atom is -0.368 e. The van der Waals surface area contributed by atoms with E-state index in [1.54, 1.807) is 17.1 Å². The molecular formula is C12H25N4P. The molecule has 0 saturated heterocycles. The van der Waals surface area contributed by atoms with Crippen molar-refractivity contribution in [3.8, 4) is 0 Å². The summed E-state index contributed by atoms with van der Waals surface area (Å²) in [5.41, 5.74) is 6.53. The van der Waals surface area contributed by atoms with Crippen LogP contribution < -0.4 is 10.4 Å². The zero-order valence-electron chi connectivity index (χ0n) is 11.6. The SMILES string of the molecule is C=CN(P)c1nc(N)ncc1CC.CC.CC. The van der Waals surface area contributed by atoms with E-state index in [4.69, 9.17) is 5.73 Å². The zero-order valence-corrected chi connectivity index (χ0v) is 12.7. The molecule has 5 heteroatoms. The van der Waals surface area contributed by atoms with Crippen LogP contribution in [0.5, 0.6) is 0 Å². The van der Waals surface area contributed by atoms with Crippen molar-refractivity contribution in [2.24, 2.45) is 0 Å². The van der Waals surface area contributed by atoms with E-state index in [1.165, 1.54) is 0 Å². The molecule has 1 heterocycles. The molecule has 0 aliphatic heterocycles. The first-order valence-corrected chi connectivity index (χ1v) is 6.48. The van der Waals surface area contributed by atoms with Gasteiger partial charge in [0.1, 0.15) is 5.82 Å². The molecule has 0 amide bonds. The molecule has 2 N–H and O–H groups in total. The number of aromatic nitrogens is 2. The van der Waals surface area contributed by atoms with Crippen LogP contribution in [0.2, 0.25) is 0 Å². The van der Waals surface area contributed by atoms with Crippen LogP contribution in [0.3, 0.4) is 0 Å². The Morgan fingerprint density at radius 2 is 1.94 bits per heavy atom. The van der Waals surface area contributed by atoms with Crippen molar-refractivity contribution in [3.63, 3.8) is 0 Å². The fourth-order valence-corrected chi connectivity index (χ4v) is 1.19. The summed E-state index contributed by atoms with van der Waals surface area (Å²) in [4.78, 5) is 8.04. The molecule has 98 valence electrons. The highest BCUT2D eigenvalue weighted by Crippen LogP contribution is 2.21. The molecule has 0 spiro atoms. The first-order valence-electron chi connectivity index (χ1n) is 5.97. The number of rotatable bonds is 3. The third kappa shape index (κ3) is 6.22. The number of aryl methyl sites for hydroxylation is 1. The van der Waals surface area contributed by atoms with Crippen LogP contribution in [0.15, 0.2) is 19.0 Å². The molecule has 0 saturated carbocycles. The van der Waals surface area contributed by atoms with Crippen molar-refractivity contribution in [2.75, 3.05) is 10.4 Å². The van der Waals surface area contributed by atoms with E-state index in [1.807, 2.05) is 34.6 Å². The smallest absolute Gasteiger partial charge is 0.221 e. The molecule has 17 heavy (non-hydrogen) atoms. The maximum absolute atomic E-state index is 5.48. The highest BCUT2D eigenvalue weighted by atomic mass is 31.0. The van der Waals surface area contributed by atoms with E-state index >= 15 is 0 Å². The molecule has 0 aromatic carbocycles. The summed E-state index contributed by atoms with van der Waals surface area (Å²) in [6.07, 6.45) is 4.26. The van der Waals surface area contributed by atoms with Gasteiger partial charge in [-0.1, -0.05) is 41.2 Å². The molecule has 0 bridgehead atoms. The van der Waals surface area contributed by atoms with Gasteiger partial charge in [0.05, 0.1) is 0 Å². The summed E-state index contributed by atoms with van der Waals surface area (Å²) in [6.45, 7) is 13.7. The Morgan fingerprint density at radius 3 is 2.35 bits per heavy atom. The van der Waals surface area contributed by atoms with Crippen LogP contribution in [0.1, 0.15) is 40.2 Å². The summed E-state index contributed by atoms with van der Waals surface area (Å²) in [6, 6.07) is 0. The van der Waals surface area contributed by atoms with Crippen molar-refractivity contribution in [1.82, 2.24) is 9.97 Å². The van der Waals surface area contributed by atoms with Crippen LogP contribution >= 0.6 is 9.39 Å². The Labute approximate surface area is 108 Å². The number of nitrogens with two attached hydrogens (primary N) is 1. The molecule has 0 fully saturated rings. The Balaban J connectivity index is 0.